The fourth-order valence-corrected chi connectivity index (χ4v) is 2.56. The molecule has 0 aliphatic carbocycles. The molecule has 2 N–H and O–H groups in total. The minimum atomic E-state index is 0.0252. The van der Waals surface area contributed by atoms with E-state index >= 15 is 0 Å². The summed E-state index contributed by atoms with van der Waals surface area (Å²) in [5.74, 6) is 0. The quantitative estimate of drug-likeness (QED) is 0.936. The fraction of sp³-hybridized carbons (Fsp3) is 0.267. The Morgan fingerprint density at radius 2 is 2.06 bits per heavy atom. The van der Waals surface area contributed by atoms with Crippen molar-refractivity contribution < 1.29 is 0 Å². The van der Waals surface area contributed by atoms with Crippen LogP contribution in [-0.4, -0.2) is 4.98 Å². The fourth-order valence-electron chi connectivity index (χ4n) is 2.15. The predicted octanol–water partition coefficient (Wildman–Crippen LogP) is 3.65. The predicted molar refractivity (Wildman–Crippen MR) is 78.4 cm³/mol. The van der Waals surface area contributed by atoms with E-state index in [9.17, 15) is 0 Å². The molecule has 2 rings (SSSR count). The zero-order valence-corrected chi connectivity index (χ0v) is 12.0. The van der Waals surface area contributed by atoms with Crippen LogP contribution in [0.15, 0.2) is 47.2 Å². The molecule has 0 aliphatic rings. The van der Waals surface area contributed by atoms with Crippen molar-refractivity contribution in [3.63, 3.8) is 0 Å². The highest BCUT2D eigenvalue weighted by atomic mass is 79.9. The molecule has 2 aromatic rings. The highest BCUT2D eigenvalue weighted by molar-refractivity contribution is 9.10. The molecule has 3 heteroatoms. The highest BCUT2D eigenvalue weighted by Gasteiger charge is 2.10. The standard InChI is InChI=1S/C15H17BrN2/c1-2-12-5-3-4-6-14(12)15(17)8-11-7-13(16)10-18-9-11/h3-7,9-10,15H,2,8,17H2,1H3. The van der Waals surface area contributed by atoms with E-state index in [4.69, 9.17) is 5.73 Å². The van der Waals surface area contributed by atoms with Crippen LogP contribution in [0.25, 0.3) is 0 Å². The van der Waals surface area contributed by atoms with Gasteiger partial charge in [0.05, 0.1) is 0 Å². The first-order chi connectivity index (χ1) is 8.70. The first-order valence-electron chi connectivity index (χ1n) is 6.13. The van der Waals surface area contributed by atoms with Crippen LogP contribution in [0.5, 0.6) is 0 Å². The Balaban J connectivity index is 2.19. The summed E-state index contributed by atoms with van der Waals surface area (Å²) in [5, 5.41) is 0. The molecule has 1 heterocycles. The molecule has 0 spiro atoms. The third-order valence-corrected chi connectivity index (χ3v) is 3.49. The zero-order chi connectivity index (χ0) is 13.0. The summed E-state index contributed by atoms with van der Waals surface area (Å²) in [5.41, 5.74) is 10.0. The molecule has 0 saturated carbocycles. The maximum atomic E-state index is 6.31. The topological polar surface area (TPSA) is 38.9 Å². The lowest BCUT2D eigenvalue weighted by atomic mass is 9.95. The largest absolute Gasteiger partial charge is 0.324 e. The Hall–Kier alpha value is -1.19. The third kappa shape index (κ3) is 3.18. The summed E-state index contributed by atoms with van der Waals surface area (Å²) < 4.78 is 0.996. The van der Waals surface area contributed by atoms with Crippen LogP contribution < -0.4 is 5.73 Å². The molecule has 0 saturated heterocycles. The van der Waals surface area contributed by atoms with E-state index in [2.05, 4.69) is 52.1 Å². The van der Waals surface area contributed by atoms with Crippen LogP contribution in [0.2, 0.25) is 0 Å². The monoisotopic (exact) mass is 304 g/mol. The van der Waals surface area contributed by atoms with E-state index in [-0.39, 0.29) is 6.04 Å². The van der Waals surface area contributed by atoms with E-state index in [1.54, 1.807) is 6.20 Å². The van der Waals surface area contributed by atoms with E-state index in [0.717, 1.165) is 22.9 Å². The molecule has 1 aromatic carbocycles. The Bertz CT molecular complexity index is 525. The van der Waals surface area contributed by atoms with Crippen LogP contribution in [0.4, 0.5) is 0 Å². The van der Waals surface area contributed by atoms with Gasteiger partial charge in [-0.15, -0.1) is 0 Å². The van der Waals surface area contributed by atoms with Crippen molar-refractivity contribution in [3.05, 3.63) is 63.9 Å². The van der Waals surface area contributed by atoms with Gasteiger partial charge in [-0.1, -0.05) is 31.2 Å². The molecule has 0 radical (unpaired) electrons. The number of pyridine rings is 1. The maximum absolute atomic E-state index is 6.31. The summed E-state index contributed by atoms with van der Waals surface area (Å²) in [4.78, 5) is 4.17. The van der Waals surface area contributed by atoms with Gasteiger partial charge in [0.1, 0.15) is 0 Å². The number of hydrogen-bond acceptors (Lipinski definition) is 2. The van der Waals surface area contributed by atoms with Crippen molar-refractivity contribution in [1.29, 1.82) is 0 Å². The second kappa shape index (κ2) is 6.12. The Labute approximate surface area is 116 Å². The number of aryl methyl sites for hydroxylation is 1. The average Bonchev–Trinajstić information content (AvgIpc) is 2.38. The summed E-state index contributed by atoms with van der Waals surface area (Å²) >= 11 is 3.43. The van der Waals surface area contributed by atoms with Gasteiger partial charge in [0.15, 0.2) is 0 Å². The molecule has 0 fully saturated rings. The van der Waals surface area contributed by atoms with Crippen molar-refractivity contribution >= 4 is 15.9 Å². The first-order valence-corrected chi connectivity index (χ1v) is 6.92. The lowest BCUT2D eigenvalue weighted by molar-refractivity contribution is 0.709. The summed E-state index contributed by atoms with van der Waals surface area (Å²) in [6.07, 6.45) is 5.48. The van der Waals surface area contributed by atoms with E-state index in [0.29, 0.717) is 0 Å². The van der Waals surface area contributed by atoms with Crippen molar-refractivity contribution in [2.75, 3.05) is 0 Å². The van der Waals surface area contributed by atoms with Crippen LogP contribution >= 0.6 is 15.9 Å². The Morgan fingerprint density at radius 1 is 1.28 bits per heavy atom. The Kier molecular flexibility index (Phi) is 4.50. The summed E-state index contributed by atoms with van der Waals surface area (Å²) in [7, 11) is 0. The van der Waals surface area contributed by atoms with Crippen molar-refractivity contribution in [2.24, 2.45) is 5.73 Å². The molecule has 94 valence electrons. The van der Waals surface area contributed by atoms with Gasteiger partial charge in [-0.05, 0) is 51.5 Å². The van der Waals surface area contributed by atoms with Gasteiger partial charge in [0.2, 0.25) is 0 Å². The second-order valence-corrected chi connectivity index (χ2v) is 5.29. The number of nitrogens with two attached hydrogens (primary N) is 1. The third-order valence-electron chi connectivity index (χ3n) is 3.05. The number of hydrogen-bond donors (Lipinski definition) is 1. The lowest BCUT2D eigenvalue weighted by Gasteiger charge is -2.15. The lowest BCUT2D eigenvalue weighted by Crippen LogP contribution is -2.15. The minimum absolute atomic E-state index is 0.0252. The van der Waals surface area contributed by atoms with Crippen LogP contribution in [0.3, 0.4) is 0 Å². The molecule has 1 atom stereocenters. The average molecular weight is 305 g/mol. The maximum Gasteiger partial charge on any atom is 0.0410 e. The zero-order valence-electron chi connectivity index (χ0n) is 10.4. The SMILES string of the molecule is CCc1ccccc1C(N)Cc1cncc(Br)c1. The molecule has 2 nitrogen and oxygen atoms in total. The van der Waals surface area contributed by atoms with Gasteiger partial charge in [0, 0.05) is 22.9 Å². The molecule has 1 unspecified atom stereocenters. The van der Waals surface area contributed by atoms with Crippen LogP contribution in [0, 0.1) is 0 Å². The number of nitrogens with zero attached hydrogens (tertiary/aromatic N) is 1. The molecular formula is C15H17BrN2. The van der Waals surface area contributed by atoms with Gasteiger partial charge in [-0.25, -0.2) is 0 Å². The number of halogens is 1. The molecule has 0 amide bonds. The van der Waals surface area contributed by atoms with Crippen LogP contribution in [-0.2, 0) is 12.8 Å². The van der Waals surface area contributed by atoms with E-state index < -0.39 is 0 Å². The summed E-state index contributed by atoms with van der Waals surface area (Å²) in [6.45, 7) is 2.16. The molecule has 0 bridgehead atoms. The normalized spacial score (nSPS) is 12.4. The van der Waals surface area contributed by atoms with Gasteiger partial charge >= 0.3 is 0 Å². The minimum Gasteiger partial charge on any atom is -0.324 e. The van der Waals surface area contributed by atoms with Gasteiger partial charge in [0.25, 0.3) is 0 Å². The number of aromatic nitrogens is 1. The number of benzene rings is 1. The molecule has 18 heavy (non-hydrogen) atoms. The summed E-state index contributed by atoms with van der Waals surface area (Å²) in [6, 6.07) is 10.5. The van der Waals surface area contributed by atoms with Crippen LogP contribution in [0.1, 0.15) is 29.7 Å². The van der Waals surface area contributed by atoms with Gasteiger partial charge < -0.3 is 5.73 Å². The molecule has 0 aliphatic heterocycles. The highest BCUT2D eigenvalue weighted by Crippen LogP contribution is 2.21. The Morgan fingerprint density at radius 3 is 2.78 bits per heavy atom. The molecular weight excluding hydrogens is 288 g/mol. The second-order valence-electron chi connectivity index (χ2n) is 4.37. The van der Waals surface area contributed by atoms with Crippen molar-refractivity contribution in [1.82, 2.24) is 4.98 Å². The molecule has 1 aromatic heterocycles. The van der Waals surface area contributed by atoms with Crippen molar-refractivity contribution in [2.45, 2.75) is 25.8 Å². The van der Waals surface area contributed by atoms with Gasteiger partial charge in [-0.2, -0.15) is 0 Å². The smallest absolute Gasteiger partial charge is 0.0410 e. The van der Waals surface area contributed by atoms with E-state index in [1.165, 1.54) is 11.1 Å². The van der Waals surface area contributed by atoms with E-state index in [1.807, 2.05) is 12.3 Å². The first kappa shape index (κ1) is 13.2. The van der Waals surface area contributed by atoms with Crippen molar-refractivity contribution in [3.8, 4) is 0 Å². The van der Waals surface area contributed by atoms with Gasteiger partial charge in [-0.3, -0.25) is 4.98 Å². The number of rotatable bonds is 4.